The average molecular weight is 234 g/mol. The van der Waals surface area contributed by atoms with E-state index in [0.717, 1.165) is 5.56 Å². The maximum absolute atomic E-state index is 10.6. The molecule has 0 aliphatic heterocycles. The summed E-state index contributed by atoms with van der Waals surface area (Å²) in [5, 5.41) is 20.0. The lowest BCUT2D eigenvalue weighted by molar-refractivity contribution is -0.139. The average Bonchev–Trinajstić information content (AvgIpc) is 2.33. The van der Waals surface area contributed by atoms with E-state index in [1.54, 1.807) is 25.1 Å². The molecule has 1 rings (SSSR count). The van der Waals surface area contributed by atoms with Crippen molar-refractivity contribution in [2.45, 2.75) is 19.5 Å². The fourth-order valence-electron chi connectivity index (χ4n) is 1.22. The van der Waals surface area contributed by atoms with E-state index in [0.29, 0.717) is 12.3 Å². The highest BCUT2D eigenvalue weighted by Gasteiger charge is 2.09. The summed E-state index contributed by atoms with van der Waals surface area (Å²) in [6.45, 7) is 2.03. The van der Waals surface area contributed by atoms with Crippen LogP contribution in [0.25, 0.3) is 0 Å². The molecule has 0 heterocycles. The minimum atomic E-state index is -0.887. The number of aliphatic carboxylic acids is 1. The predicted molar refractivity (Wildman–Crippen MR) is 61.5 cm³/mol. The summed E-state index contributed by atoms with van der Waals surface area (Å²) in [5.41, 5.74) is 0.911. The Morgan fingerprint density at radius 3 is 3.06 bits per heavy atom. The van der Waals surface area contributed by atoms with Crippen LogP contribution in [0, 0.1) is 11.3 Å². The highest BCUT2D eigenvalue weighted by atomic mass is 16.5. The third kappa shape index (κ3) is 4.53. The highest BCUT2D eigenvalue weighted by molar-refractivity contribution is 5.72. The molecule has 1 aromatic rings. The molecule has 0 amide bonds. The van der Waals surface area contributed by atoms with Gasteiger partial charge in [0.25, 0.3) is 0 Å². The van der Waals surface area contributed by atoms with E-state index < -0.39 is 12.0 Å². The predicted octanol–water partition coefficient (Wildman–Crippen LogP) is 1.15. The molecule has 0 aromatic heterocycles. The van der Waals surface area contributed by atoms with E-state index in [9.17, 15) is 4.79 Å². The molecule has 1 unspecified atom stereocenters. The van der Waals surface area contributed by atoms with Crippen LogP contribution in [0.2, 0.25) is 0 Å². The fourth-order valence-corrected chi connectivity index (χ4v) is 1.22. The molecule has 0 saturated heterocycles. The van der Waals surface area contributed by atoms with Crippen LogP contribution in [0.4, 0.5) is 0 Å². The Labute approximate surface area is 99.6 Å². The van der Waals surface area contributed by atoms with Crippen LogP contribution in [0.3, 0.4) is 0 Å². The second-order valence-electron chi connectivity index (χ2n) is 3.54. The van der Waals surface area contributed by atoms with Crippen LogP contribution in [-0.2, 0) is 11.3 Å². The van der Waals surface area contributed by atoms with E-state index in [2.05, 4.69) is 5.32 Å². The van der Waals surface area contributed by atoms with Crippen LogP contribution in [0.15, 0.2) is 24.3 Å². The van der Waals surface area contributed by atoms with Gasteiger partial charge in [-0.15, -0.1) is 0 Å². The lowest BCUT2D eigenvalue weighted by atomic mass is 10.2. The minimum absolute atomic E-state index is 0.00239. The Hall–Kier alpha value is -2.06. The van der Waals surface area contributed by atoms with Gasteiger partial charge in [0, 0.05) is 6.54 Å². The van der Waals surface area contributed by atoms with E-state index >= 15 is 0 Å². The topological polar surface area (TPSA) is 82.3 Å². The van der Waals surface area contributed by atoms with Crippen LogP contribution >= 0.6 is 0 Å². The van der Waals surface area contributed by atoms with Crippen molar-refractivity contribution in [2.75, 3.05) is 6.61 Å². The van der Waals surface area contributed by atoms with Crippen LogP contribution in [0.5, 0.6) is 5.75 Å². The number of rotatable bonds is 6. The molecule has 0 bridgehead atoms. The first-order valence-corrected chi connectivity index (χ1v) is 5.18. The monoisotopic (exact) mass is 234 g/mol. The maximum atomic E-state index is 10.6. The van der Waals surface area contributed by atoms with Gasteiger partial charge >= 0.3 is 5.97 Å². The Morgan fingerprint density at radius 1 is 1.65 bits per heavy atom. The zero-order chi connectivity index (χ0) is 12.7. The summed E-state index contributed by atoms with van der Waals surface area (Å²) in [6, 6.07) is 8.48. The van der Waals surface area contributed by atoms with Gasteiger partial charge in [-0.2, -0.15) is 5.26 Å². The smallest absolute Gasteiger partial charge is 0.320 e. The molecule has 1 aromatic carbocycles. The number of nitrogens with zero attached hydrogens (tertiary/aromatic N) is 1. The summed E-state index contributed by atoms with van der Waals surface area (Å²) in [7, 11) is 0. The summed E-state index contributed by atoms with van der Waals surface area (Å²) < 4.78 is 5.14. The molecule has 0 spiro atoms. The summed E-state index contributed by atoms with van der Waals surface area (Å²) in [6.07, 6.45) is 0. The third-order valence-electron chi connectivity index (χ3n) is 2.18. The minimum Gasteiger partial charge on any atom is -0.480 e. The second-order valence-corrected chi connectivity index (χ2v) is 3.54. The number of benzene rings is 1. The highest BCUT2D eigenvalue weighted by Crippen LogP contribution is 2.13. The number of carbonyl (C=O) groups is 1. The molecule has 0 saturated carbocycles. The van der Waals surface area contributed by atoms with Gasteiger partial charge in [0.05, 0.1) is 0 Å². The number of carboxylic acid groups (broad SMARTS) is 1. The molecule has 17 heavy (non-hydrogen) atoms. The van der Waals surface area contributed by atoms with Crippen molar-refractivity contribution >= 4 is 5.97 Å². The molecule has 2 N–H and O–H groups in total. The Kier molecular flexibility index (Phi) is 4.98. The molecular formula is C12H14N2O3. The van der Waals surface area contributed by atoms with Gasteiger partial charge < -0.3 is 15.2 Å². The van der Waals surface area contributed by atoms with Crippen molar-refractivity contribution in [3.05, 3.63) is 29.8 Å². The molecular weight excluding hydrogens is 220 g/mol. The van der Waals surface area contributed by atoms with Crippen LogP contribution in [-0.4, -0.2) is 23.7 Å². The van der Waals surface area contributed by atoms with Gasteiger partial charge in [-0.1, -0.05) is 12.1 Å². The van der Waals surface area contributed by atoms with Crippen molar-refractivity contribution < 1.29 is 14.6 Å². The quantitative estimate of drug-likeness (QED) is 0.771. The summed E-state index contributed by atoms with van der Waals surface area (Å²) in [5.74, 6) is -0.282. The third-order valence-corrected chi connectivity index (χ3v) is 2.18. The Morgan fingerprint density at radius 2 is 2.41 bits per heavy atom. The van der Waals surface area contributed by atoms with E-state index in [1.807, 2.05) is 12.1 Å². The second kappa shape index (κ2) is 6.51. The summed E-state index contributed by atoms with van der Waals surface area (Å²) >= 11 is 0. The Balaban J connectivity index is 2.54. The van der Waals surface area contributed by atoms with Gasteiger partial charge in [-0.25, -0.2) is 0 Å². The van der Waals surface area contributed by atoms with Crippen molar-refractivity contribution in [2.24, 2.45) is 0 Å². The zero-order valence-corrected chi connectivity index (χ0v) is 9.51. The van der Waals surface area contributed by atoms with Gasteiger partial charge in [0.15, 0.2) is 6.61 Å². The molecule has 0 aliphatic rings. The number of nitrogens with one attached hydrogen (secondary N) is 1. The van der Waals surface area contributed by atoms with Gasteiger partial charge in [-0.3, -0.25) is 4.79 Å². The largest absolute Gasteiger partial charge is 0.480 e. The van der Waals surface area contributed by atoms with Crippen molar-refractivity contribution in [1.29, 1.82) is 5.26 Å². The van der Waals surface area contributed by atoms with Gasteiger partial charge in [-0.05, 0) is 24.6 Å². The number of carboxylic acids is 1. The lowest BCUT2D eigenvalue weighted by Gasteiger charge is -2.10. The van der Waals surface area contributed by atoms with Crippen molar-refractivity contribution in [3.63, 3.8) is 0 Å². The number of hydrogen-bond acceptors (Lipinski definition) is 4. The molecule has 90 valence electrons. The van der Waals surface area contributed by atoms with E-state index in [4.69, 9.17) is 15.1 Å². The number of ether oxygens (including phenoxy) is 1. The zero-order valence-electron chi connectivity index (χ0n) is 9.51. The number of nitriles is 1. The van der Waals surface area contributed by atoms with Crippen LogP contribution in [0.1, 0.15) is 12.5 Å². The fraction of sp³-hybridized carbons (Fsp3) is 0.333. The van der Waals surface area contributed by atoms with E-state index in [-0.39, 0.29) is 6.61 Å². The molecule has 5 heteroatoms. The van der Waals surface area contributed by atoms with Gasteiger partial charge in [0.1, 0.15) is 17.9 Å². The molecule has 0 radical (unpaired) electrons. The van der Waals surface area contributed by atoms with Crippen LogP contribution < -0.4 is 10.1 Å². The van der Waals surface area contributed by atoms with E-state index in [1.165, 1.54) is 0 Å². The normalized spacial score (nSPS) is 11.5. The molecule has 1 atom stereocenters. The van der Waals surface area contributed by atoms with Crippen molar-refractivity contribution in [3.8, 4) is 11.8 Å². The maximum Gasteiger partial charge on any atom is 0.320 e. The van der Waals surface area contributed by atoms with Gasteiger partial charge in [0.2, 0.25) is 0 Å². The Bertz CT molecular complexity index is 426. The SMILES string of the molecule is CC(NCc1cccc(OCC#N)c1)C(=O)O. The van der Waals surface area contributed by atoms with Crippen molar-refractivity contribution in [1.82, 2.24) is 5.32 Å². The molecule has 0 aliphatic carbocycles. The molecule has 5 nitrogen and oxygen atoms in total. The lowest BCUT2D eigenvalue weighted by Crippen LogP contribution is -2.33. The summed E-state index contributed by atoms with van der Waals surface area (Å²) in [4.78, 5) is 10.6. The first-order chi connectivity index (χ1) is 8.13. The number of hydrogen-bond donors (Lipinski definition) is 2. The molecule has 0 fully saturated rings. The first kappa shape index (κ1) is 13.0. The standard InChI is InChI=1S/C12H14N2O3/c1-9(12(15)16)14-8-10-3-2-4-11(7-10)17-6-5-13/h2-4,7,9,14H,6,8H2,1H3,(H,15,16). The first-order valence-electron chi connectivity index (χ1n) is 5.18.